The summed E-state index contributed by atoms with van der Waals surface area (Å²) in [6, 6.07) is 6.56. The van der Waals surface area contributed by atoms with E-state index in [0.29, 0.717) is 5.92 Å². The second kappa shape index (κ2) is 4.80. The predicted octanol–water partition coefficient (Wildman–Crippen LogP) is 4.49. The van der Waals surface area contributed by atoms with Gasteiger partial charge in [0.1, 0.15) is 0 Å². The summed E-state index contributed by atoms with van der Waals surface area (Å²) in [5.74, 6) is 0.577. The first-order valence-electron chi connectivity index (χ1n) is 5.08. The molecule has 0 aromatic heterocycles. The van der Waals surface area contributed by atoms with Gasteiger partial charge in [0.15, 0.2) is 0 Å². The second-order valence-corrected chi connectivity index (χ2v) is 3.75. The van der Waals surface area contributed by atoms with E-state index < -0.39 is 0 Å². The maximum atomic E-state index is 3.84. The van der Waals surface area contributed by atoms with Crippen LogP contribution in [0, 0.1) is 0 Å². The van der Waals surface area contributed by atoms with Crippen molar-refractivity contribution in [2.24, 2.45) is 0 Å². The highest BCUT2D eigenvalue weighted by Gasteiger charge is 2.01. The van der Waals surface area contributed by atoms with Crippen molar-refractivity contribution in [2.45, 2.75) is 26.7 Å². The van der Waals surface area contributed by atoms with Gasteiger partial charge in [-0.3, -0.25) is 0 Å². The van der Waals surface area contributed by atoms with Crippen LogP contribution in [0.3, 0.4) is 0 Å². The van der Waals surface area contributed by atoms with Gasteiger partial charge in [0.2, 0.25) is 0 Å². The molecule has 0 unspecified atom stereocenters. The molecule has 0 saturated carbocycles. The van der Waals surface area contributed by atoms with Crippen LogP contribution in [0.2, 0.25) is 0 Å². The number of hydrogen-bond donors (Lipinski definition) is 0. The monoisotopic (exact) mass is 186 g/mol. The van der Waals surface area contributed by atoms with E-state index >= 15 is 0 Å². The summed E-state index contributed by atoms with van der Waals surface area (Å²) in [6.45, 7) is 10.3. The van der Waals surface area contributed by atoms with Crippen molar-refractivity contribution in [3.8, 4) is 0 Å². The molecular weight excluding hydrogens is 168 g/mol. The fraction of sp³-hybridized carbons (Fsp3) is 0.286. The minimum atomic E-state index is 0.577. The molecule has 1 aromatic carbocycles. The largest absolute Gasteiger partial charge is 0.0984 e. The first kappa shape index (κ1) is 10.8. The van der Waals surface area contributed by atoms with Gasteiger partial charge in [0.05, 0.1) is 0 Å². The molecule has 0 aliphatic carbocycles. The molecule has 0 heteroatoms. The fourth-order valence-electron chi connectivity index (χ4n) is 1.46. The van der Waals surface area contributed by atoms with E-state index in [1.54, 1.807) is 0 Å². The first-order valence-corrected chi connectivity index (χ1v) is 5.08. The lowest BCUT2D eigenvalue weighted by molar-refractivity contribution is 0.866. The minimum Gasteiger partial charge on any atom is -0.0984 e. The van der Waals surface area contributed by atoms with Crippen molar-refractivity contribution in [3.63, 3.8) is 0 Å². The van der Waals surface area contributed by atoms with Crippen molar-refractivity contribution >= 4 is 12.2 Å². The summed E-state index contributed by atoms with van der Waals surface area (Å²) in [5.41, 5.74) is 3.83. The van der Waals surface area contributed by atoms with E-state index in [4.69, 9.17) is 0 Å². The molecule has 0 atom stereocenters. The Kier molecular flexibility index (Phi) is 3.70. The van der Waals surface area contributed by atoms with Crippen molar-refractivity contribution in [1.82, 2.24) is 0 Å². The zero-order valence-electron chi connectivity index (χ0n) is 9.25. The van der Waals surface area contributed by atoms with Crippen LogP contribution < -0.4 is 0 Å². The lowest BCUT2D eigenvalue weighted by Crippen LogP contribution is -1.89. The number of benzene rings is 1. The second-order valence-electron chi connectivity index (χ2n) is 3.75. The van der Waals surface area contributed by atoms with Crippen LogP contribution in [0.25, 0.3) is 12.2 Å². The van der Waals surface area contributed by atoms with Crippen LogP contribution in [0.5, 0.6) is 0 Å². The zero-order valence-corrected chi connectivity index (χ0v) is 9.25. The van der Waals surface area contributed by atoms with Gasteiger partial charge in [0.25, 0.3) is 0 Å². The molecule has 0 aliphatic heterocycles. The highest BCUT2D eigenvalue weighted by atomic mass is 14.1. The van der Waals surface area contributed by atoms with Crippen LogP contribution in [-0.4, -0.2) is 0 Å². The first-order chi connectivity index (χ1) is 6.69. The van der Waals surface area contributed by atoms with Crippen LogP contribution in [-0.2, 0) is 0 Å². The third-order valence-corrected chi connectivity index (χ3v) is 2.34. The molecule has 1 rings (SSSR count). The molecule has 14 heavy (non-hydrogen) atoms. The lowest BCUT2D eigenvalue weighted by atomic mass is 9.97. The Morgan fingerprint density at radius 2 is 1.93 bits per heavy atom. The number of allylic oxidation sites excluding steroid dienone is 1. The molecule has 0 fully saturated rings. The van der Waals surface area contributed by atoms with E-state index in [-0.39, 0.29) is 0 Å². The Morgan fingerprint density at radius 1 is 1.21 bits per heavy atom. The Morgan fingerprint density at radius 3 is 2.43 bits per heavy atom. The Labute approximate surface area is 87.0 Å². The van der Waals surface area contributed by atoms with Crippen molar-refractivity contribution in [1.29, 1.82) is 0 Å². The Bertz CT molecular complexity index is 343. The standard InChI is InChI=1S/C14H18/c1-5-7-13-8-9-14(11(3)4)10-12(13)6-2/h5-11H,2H2,1,3-4H3/b7-5-. The maximum Gasteiger partial charge on any atom is -0.0187 e. The normalized spacial score (nSPS) is 11.1. The third-order valence-electron chi connectivity index (χ3n) is 2.34. The molecule has 0 amide bonds. The highest BCUT2D eigenvalue weighted by molar-refractivity contribution is 5.65. The summed E-state index contributed by atoms with van der Waals surface area (Å²) in [4.78, 5) is 0. The van der Waals surface area contributed by atoms with Crippen LogP contribution in [0.4, 0.5) is 0 Å². The molecule has 0 radical (unpaired) electrons. The quantitative estimate of drug-likeness (QED) is 0.652. The molecule has 0 nitrogen and oxygen atoms in total. The van der Waals surface area contributed by atoms with Gasteiger partial charge in [-0.1, -0.05) is 56.9 Å². The van der Waals surface area contributed by atoms with Crippen LogP contribution >= 0.6 is 0 Å². The van der Waals surface area contributed by atoms with Crippen molar-refractivity contribution in [2.75, 3.05) is 0 Å². The molecule has 0 saturated heterocycles. The van der Waals surface area contributed by atoms with Gasteiger partial charge in [-0.2, -0.15) is 0 Å². The van der Waals surface area contributed by atoms with Gasteiger partial charge in [0, 0.05) is 0 Å². The molecule has 0 N–H and O–H groups in total. The van der Waals surface area contributed by atoms with E-state index in [1.807, 2.05) is 13.0 Å². The van der Waals surface area contributed by atoms with Gasteiger partial charge >= 0.3 is 0 Å². The molecule has 74 valence electrons. The highest BCUT2D eigenvalue weighted by Crippen LogP contribution is 2.20. The molecule has 0 aliphatic rings. The number of rotatable bonds is 3. The molecule has 0 spiro atoms. The summed E-state index contributed by atoms with van der Waals surface area (Å²) in [5, 5.41) is 0. The van der Waals surface area contributed by atoms with E-state index in [9.17, 15) is 0 Å². The van der Waals surface area contributed by atoms with Crippen LogP contribution in [0.15, 0.2) is 30.9 Å². The zero-order chi connectivity index (χ0) is 10.6. The topological polar surface area (TPSA) is 0 Å². The predicted molar refractivity (Wildman–Crippen MR) is 65.3 cm³/mol. The van der Waals surface area contributed by atoms with Gasteiger partial charge in [-0.15, -0.1) is 0 Å². The minimum absolute atomic E-state index is 0.577. The molecular formula is C14H18. The maximum absolute atomic E-state index is 3.84. The van der Waals surface area contributed by atoms with Crippen LogP contribution in [0.1, 0.15) is 43.4 Å². The number of hydrogen-bond acceptors (Lipinski definition) is 0. The van der Waals surface area contributed by atoms with Crippen molar-refractivity contribution in [3.05, 3.63) is 47.5 Å². The van der Waals surface area contributed by atoms with Gasteiger partial charge in [-0.25, -0.2) is 0 Å². The van der Waals surface area contributed by atoms with E-state index in [2.05, 4.69) is 50.8 Å². The third kappa shape index (κ3) is 2.35. The summed E-state index contributed by atoms with van der Waals surface area (Å²) >= 11 is 0. The molecule has 0 heterocycles. The van der Waals surface area contributed by atoms with E-state index in [1.165, 1.54) is 16.7 Å². The average molecular weight is 186 g/mol. The summed E-state index contributed by atoms with van der Waals surface area (Å²) < 4.78 is 0. The molecule has 1 aromatic rings. The van der Waals surface area contributed by atoms with E-state index in [0.717, 1.165) is 0 Å². The lowest BCUT2D eigenvalue weighted by Gasteiger charge is -2.08. The van der Waals surface area contributed by atoms with Crippen molar-refractivity contribution < 1.29 is 0 Å². The Balaban J connectivity index is 3.17. The van der Waals surface area contributed by atoms with Gasteiger partial charge in [-0.05, 0) is 29.5 Å². The molecule has 0 bridgehead atoms. The summed E-state index contributed by atoms with van der Waals surface area (Å²) in [7, 11) is 0. The summed E-state index contributed by atoms with van der Waals surface area (Å²) in [6.07, 6.45) is 6.08. The smallest absolute Gasteiger partial charge is 0.0187 e. The average Bonchev–Trinajstić information content (AvgIpc) is 2.18. The SMILES string of the molecule is C=Cc1cc(C(C)C)ccc1/C=C\C. The fourth-order valence-corrected chi connectivity index (χ4v) is 1.46. The Hall–Kier alpha value is -1.30. The van der Waals surface area contributed by atoms with Gasteiger partial charge < -0.3 is 0 Å².